The number of carbonyl (C=O) groups is 4. The molecule has 0 bridgehead atoms. The number of anilines is 1. The van der Waals surface area contributed by atoms with Crippen LogP contribution in [0.1, 0.15) is 12.0 Å². The average Bonchev–Trinajstić information content (AvgIpc) is 3.17. The fraction of sp³-hybridized carbons (Fsp3) is 0.273. The summed E-state index contributed by atoms with van der Waals surface area (Å²) in [7, 11) is 0. The van der Waals surface area contributed by atoms with E-state index in [-0.39, 0.29) is 25.5 Å². The summed E-state index contributed by atoms with van der Waals surface area (Å²) in [5, 5.41) is 0. The number of aryl methyl sites for hydroxylation is 1. The molecule has 1 fully saturated rings. The quantitative estimate of drug-likeness (QED) is 0.440. The number of nitrogens with one attached hydrogen (secondary N) is 2. The molecular formula is C22H22BrN3O6. The Kier molecular flexibility index (Phi) is 7.82. The summed E-state index contributed by atoms with van der Waals surface area (Å²) in [5.74, 6) is -2.29. The van der Waals surface area contributed by atoms with Crippen LogP contribution in [0, 0.1) is 12.8 Å². The normalized spacial score (nSPS) is 15.2. The predicted octanol–water partition coefficient (Wildman–Crippen LogP) is 1.88. The van der Waals surface area contributed by atoms with Gasteiger partial charge in [-0.05, 0) is 43.3 Å². The second kappa shape index (κ2) is 10.8. The summed E-state index contributed by atoms with van der Waals surface area (Å²) in [6.07, 6.45) is 0.0124. The van der Waals surface area contributed by atoms with Crippen molar-refractivity contribution in [2.45, 2.75) is 13.3 Å². The molecular weight excluding hydrogens is 482 g/mol. The van der Waals surface area contributed by atoms with Crippen LogP contribution >= 0.6 is 15.9 Å². The molecule has 0 aliphatic carbocycles. The Morgan fingerprint density at radius 3 is 2.28 bits per heavy atom. The van der Waals surface area contributed by atoms with Crippen molar-refractivity contribution >= 4 is 45.3 Å². The zero-order valence-corrected chi connectivity index (χ0v) is 18.9. The number of carbonyl (C=O) groups excluding carboxylic acids is 4. The summed E-state index contributed by atoms with van der Waals surface area (Å²) in [6, 6.07) is 14.3. The van der Waals surface area contributed by atoms with Gasteiger partial charge in [0, 0.05) is 23.1 Å². The Labute approximate surface area is 193 Å². The predicted molar refractivity (Wildman–Crippen MR) is 119 cm³/mol. The molecule has 2 N–H and O–H groups in total. The Morgan fingerprint density at radius 2 is 1.62 bits per heavy atom. The minimum absolute atomic E-state index is 0.0124. The molecule has 10 heteroatoms. The third-order valence-corrected chi connectivity index (χ3v) is 5.20. The molecule has 0 aromatic heterocycles. The maximum absolute atomic E-state index is 12.3. The summed E-state index contributed by atoms with van der Waals surface area (Å²) in [4.78, 5) is 49.6. The highest BCUT2D eigenvalue weighted by Crippen LogP contribution is 2.26. The van der Waals surface area contributed by atoms with Crippen LogP contribution in [0.3, 0.4) is 0 Å². The fourth-order valence-corrected chi connectivity index (χ4v) is 3.25. The van der Waals surface area contributed by atoms with Crippen LogP contribution in [0.4, 0.5) is 5.69 Å². The van der Waals surface area contributed by atoms with Gasteiger partial charge in [-0.15, -0.1) is 0 Å². The number of esters is 1. The lowest BCUT2D eigenvalue weighted by Gasteiger charge is -2.16. The third kappa shape index (κ3) is 6.55. The number of hydrogen-bond donors (Lipinski definition) is 2. The topological polar surface area (TPSA) is 114 Å². The Hall–Kier alpha value is -3.40. The average molecular weight is 504 g/mol. The van der Waals surface area contributed by atoms with Crippen molar-refractivity contribution in [2.24, 2.45) is 5.92 Å². The van der Waals surface area contributed by atoms with Crippen LogP contribution < -0.4 is 20.5 Å². The SMILES string of the molecule is Cc1ccc(N2C[C@@H](C(=O)OCC(=O)NNC(=O)COc3ccc(Br)cc3)CC2=O)cc1. The van der Waals surface area contributed by atoms with E-state index in [1.165, 1.54) is 4.90 Å². The molecule has 168 valence electrons. The number of hydrogen-bond acceptors (Lipinski definition) is 6. The van der Waals surface area contributed by atoms with Gasteiger partial charge in [-0.3, -0.25) is 30.0 Å². The van der Waals surface area contributed by atoms with Gasteiger partial charge >= 0.3 is 5.97 Å². The molecule has 0 unspecified atom stereocenters. The summed E-state index contributed by atoms with van der Waals surface area (Å²) in [5.41, 5.74) is 6.09. The number of hydrazine groups is 1. The third-order valence-electron chi connectivity index (χ3n) is 4.67. The second-order valence-electron chi connectivity index (χ2n) is 7.19. The van der Waals surface area contributed by atoms with Crippen molar-refractivity contribution in [1.29, 1.82) is 0 Å². The highest BCUT2D eigenvalue weighted by atomic mass is 79.9. The van der Waals surface area contributed by atoms with Crippen molar-refractivity contribution in [3.63, 3.8) is 0 Å². The molecule has 1 saturated heterocycles. The van der Waals surface area contributed by atoms with Crippen molar-refractivity contribution < 1.29 is 28.7 Å². The fourth-order valence-electron chi connectivity index (χ4n) is 2.99. The van der Waals surface area contributed by atoms with E-state index in [1.54, 1.807) is 24.3 Å². The maximum Gasteiger partial charge on any atom is 0.311 e. The lowest BCUT2D eigenvalue weighted by atomic mass is 10.1. The minimum Gasteiger partial charge on any atom is -0.484 e. The highest BCUT2D eigenvalue weighted by molar-refractivity contribution is 9.10. The van der Waals surface area contributed by atoms with E-state index in [0.717, 1.165) is 10.0 Å². The van der Waals surface area contributed by atoms with Crippen LogP contribution in [-0.2, 0) is 23.9 Å². The van der Waals surface area contributed by atoms with Gasteiger partial charge in [-0.25, -0.2) is 0 Å². The van der Waals surface area contributed by atoms with Gasteiger partial charge in [0.2, 0.25) is 5.91 Å². The molecule has 32 heavy (non-hydrogen) atoms. The molecule has 1 atom stereocenters. The molecule has 2 aromatic rings. The standard InChI is InChI=1S/C22H22BrN3O6/c1-14-2-6-17(7-3-14)26-11-15(10-21(26)29)22(30)32-13-20(28)25-24-19(27)12-31-18-8-4-16(23)5-9-18/h2-9,15H,10-13H2,1H3,(H,24,27)(H,25,28)/t15-/m0/s1. The largest absolute Gasteiger partial charge is 0.484 e. The molecule has 0 spiro atoms. The van der Waals surface area contributed by atoms with Gasteiger partial charge in [0.1, 0.15) is 5.75 Å². The van der Waals surface area contributed by atoms with Crippen LogP contribution in [0.5, 0.6) is 5.75 Å². The zero-order valence-electron chi connectivity index (χ0n) is 17.3. The molecule has 0 radical (unpaired) electrons. The van der Waals surface area contributed by atoms with E-state index in [0.29, 0.717) is 11.4 Å². The Morgan fingerprint density at radius 1 is 1.00 bits per heavy atom. The number of nitrogens with zero attached hydrogens (tertiary/aromatic N) is 1. The van der Waals surface area contributed by atoms with Crippen LogP contribution in [0.2, 0.25) is 0 Å². The Bertz CT molecular complexity index is 994. The molecule has 0 saturated carbocycles. The van der Waals surface area contributed by atoms with Crippen LogP contribution in [0.15, 0.2) is 53.0 Å². The first-order valence-electron chi connectivity index (χ1n) is 9.81. The first kappa shape index (κ1) is 23.3. The van der Waals surface area contributed by atoms with E-state index in [1.807, 2.05) is 31.2 Å². The minimum atomic E-state index is -0.713. The van der Waals surface area contributed by atoms with Crippen molar-refractivity contribution in [2.75, 3.05) is 24.7 Å². The Balaban J connectivity index is 1.36. The molecule has 3 amide bonds. The van der Waals surface area contributed by atoms with Gasteiger partial charge in [0.25, 0.3) is 11.8 Å². The molecule has 1 heterocycles. The molecule has 1 aliphatic rings. The molecule has 1 aliphatic heterocycles. The lowest BCUT2D eigenvalue weighted by molar-refractivity contribution is -0.152. The van der Waals surface area contributed by atoms with Gasteiger partial charge < -0.3 is 14.4 Å². The number of halogens is 1. The summed E-state index contributed by atoms with van der Waals surface area (Å²) in [6.45, 7) is 1.24. The molecule has 3 rings (SSSR count). The number of rotatable bonds is 7. The van der Waals surface area contributed by atoms with Crippen LogP contribution in [-0.4, -0.2) is 43.4 Å². The van der Waals surface area contributed by atoms with E-state index < -0.39 is 30.3 Å². The number of benzene rings is 2. The van der Waals surface area contributed by atoms with Gasteiger partial charge in [-0.1, -0.05) is 33.6 Å². The van der Waals surface area contributed by atoms with Crippen LogP contribution in [0.25, 0.3) is 0 Å². The second-order valence-corrected chi connectivity index (χ2v) is 8.10. The van der Waals surface area contributed by atoms with Gasteiger partial charge in [-0.2, -0.15) is 0 Å². The van der Waals surface area contributed by atoms with E-state index in [4.69, 9.17) is 9.47 Å². The van der Waals surface area contributed by atoms with E-state index >= 15 is 0 Å². The van der Waals surface area contributed by atoms with Gasteiger partial charge in [0.15, 0.2) is 13.2 Å². The van der Waals surface area contributed by atoms with Gasteiger partial charge in [0.05, 0.1) is 5.92 Å². The molecule has 9 nitrogen and oxygen atoms in total. The first-order chi connectivity index (χ1) is 15.3. The summed E-state index contributed by atoms with van der Waals surface area (Å²) < 4.78 is 11.1. The first-order valence-corrected chi connectivity index (χ1v) is 10.6. The van der Waals surface area contributed by atoms with Crippen molar-refractivity contribution in [1.82, 2.24) is 10.9 Å². The van der Waals surface area contributed by atoms with Crippen molar-refractivity contribution in [3.05, 3.63) is 58.6 Å². The monoisotopic (exact) mass is 503 g/mol. The van der Waals surface area contributed by atoms with E-state index in [2.05, 4.69) is 26.8 Å². The lowest BCUT2D eigenvalue weighted by Crippen LogP contribution is -2.45. The zero-order chi connectivity index (χ0) is 23.1. The number of ether oxygens (including phenoxy) is 2. The molecule has 2 aromatic carbocycles. The summed E-state index contributed by atoms with van der Waals surface area (Å²) >= 11 is 3.29. The maximum atomic E-state index is 12.3. The van der Waals surface area contributed by atoms with E-state index in [9.17, 15) is 19.2 Å². The smallest absolute Gasteiger partial charge is 0.311 e. The van der Waals surface area contributed by atoms with Crippen molar-refractivity contribution in [3.8, 4) is 5.75 Å². The highest BCUT2D eigenvalue weighted by Gasteiger charge is 2.36. The number of amides is 3.